The van der Waals surface area contributed by atoms with Crippen molar-refractivity contribution in [1.82, 2.24) is 5.32 Å². The quantitative estimate of drug-likeness (QED) is 0.800. The molecule has 1 aromatic heterocycles. The summed E-state index contributed by atoms with van der Waals surface area (Å²) < 4.78 is 5.21. The first-order valence-corrected chi connectivity index (χ1v) is 7.04. The molecule has 5 heteroatoms. The Kier molecular flexibility index (Phi) is 4.87. The molecule has 0 fully saturated rings. The minimum atomic E-state index is -0.270. The molecule has 21 heavy (non-hydrogen) atoms. The average Bonchev–Trinajstić information content (AvgIpc) is 3.00. The number of amides is 1. The molecule has 1 aromatic carbocycles. The van der Waals surface area contributed by atoms with Crippen molar-refractivity contribution in [2.24, 2.45) is 0 Å². The van der Waals surface area contributed by atoms with Crippen LogP contribution in [0.1, 0.15) is 19.6 Å². The second kappa shape index (κ2) is 6.83. The predicted octanol–water partition coefficient (Wildman–Crippen LogP) is 2.39. The summed E-state index contributed by atoms with van der Waals surface area (Å²) >= 11 is 0. The molecule has 0 aliphatic heterocycles. The number of benzene rings is 1. The summed E-state index contributed by atoms with van der Waals surface area (Å²) in [6.45, 7) is 5.04. The molecular weight excluding hydrogens is 266 g/mol. The molecule has 2 rings (SSSR count). The Labute approximate surface area is 124 Å². The summed E-state index contributed by atoms with van der Waals surface area (Å²) in [5, 5.41) is 2.88. The topological polar surface area (TPSA) is 71.5 Å². The molecule has 0 saturated heterocycles. The van der Waals surface area contributed by atoms with Gasteiger partial charge in [0.1, 0.15) is 11.8 Å². The number of nitrogens with two attached hydrogens (primary N) is 1. The van der Waals surface area contributed by atoms with Crippen molar-refractivity contribution in [2.75, 3.05) is 17.2 Å². The van der Waals surface area contributed by atoms with E-state index in [1.54, 1.807) is 12.3 Å². The van der Waals surface area contributed by atoms with E-state index < -0.39 is 0 Å². The Balaban J connectivity index is 1.99. The van der Waals surface area contributed by atoms with Gasteiger partial charge in [0.15, 0.2) is 0 Å². The lowest BCUT2D eigenvalue weighted by atomic mass is 10.2. The standard InChI is InChI=1S/C16H21N3O2/c1-3-19(14-8-6-13(17)7-9-14)12(2)16(20)18-11-15-5-4-10-21-15/h4-10,12H,3,11,17H2,1-2H3,(H,18,20). The Morgan fingerprint density at radius 3 is 2.62 bits per heavy atom. The lowest BCUT2D eigenvalue weighted by Gasteiger charge is -2.29. The zero-order chi connectivity index (χ0) is 15.2. The van der Waals surface area contributed by atoms with E-state index in [0.717, 1.165) is 18.0 Å². The van der Waals surface area contributed by atoms with Crippen LogP contribution in [-0.2, 0) is 11.3 Å². The first-order chi connectivity index (χ1) is 10.1. The van der Waals surface area contributed by atoms with Gasteiger partial charge in [0.05, 0.1) is 12.8 Å². The van der Waals surface area contributed by atoms with Gasteiger partial charge in [-0.25, -0.2) is 0 Å². The van der Waals surface area contributed by atoms with Crippen molar-refractivity contribution in [2.45, 2.75) is 26.4 Å². The number of rotatable bonds is 6. The molecule has 0 radical (unpaired) electrons. The summed E-state index contributed by atoms with van der Waals surface area (Å²) in [5.74, 6) is 0.705. The number of carbonyl (C=O) groups is 1. The average molecular weight is 287 g/mol. The number of anilines is 2. The molecule has 112 valence electrons. The fourth-order valence-electron chi connectivity index (χ4n) is 2.22. The number of nitrogens with one attached hydrogen (secondary N) is 1. The van der Waals surface area contributed by atoms with E-state index in [9.17, 15) is 4.79 Å². The number of hydrogen-bond acceptors (Lipinski definition) is 4. The van der Waals surface area contributed by atoms with E-state index >= 15 is 0 Å². The highest BCUT2D eigenvalue weighted by Crippen LogP contribution is 2.18. The van der Waals surface area contributed by atoms with Crippen LogP contribution in [0.4, 0.5) is 11.4 Å². The van der Waals surface area contributed by atoms with Crippen molar-refractivity contribution in [3.63, 3.8) is 0 Å². The molecule has 1 atom stereocenters. The summed E-state index contributed by atoms with van der Waals surface area (Å²) in [4.78, 5) is 14.3. The smallest absolute Gasteiger partial charge is 0.242 e. The van der Waals surface area contributed by atoms with Gasteiger partial charge >= 0.3 is 0 Å². The molecule has 5 nitrogen and oxygen atoms in total. The number of nitrogens with zero attached hydrogens (tertiary/aromatic N) is 1. The monoisotopic (exact) mass is 287 g/mol. The maximum absolute atomic E-state index is 12.3. The molecule has 0 spiro atoms. The third-order valence-electron chi connectivity index (χ3n) is 3.43. The number of nitrogen functional groups attached to an aromatic ring is 1. The van der Waals surface area contributed by atoms with Crippen molar-refractivity contribution < 1.29 is 9.21 Å². The third kappa shape index (κ3) is 3.78. The number of furan rings is 1. The SMILES string of the molecule is CCN(c1ccc(N)cc1)C(C)C(=O)NCc1ccco1. The Hall–Kier alpha value is -2.43. The van der Waals surface area contributed by atoms with E-state index in [1.807, 2.05) is 49.1 Å². The lowest BCUT2D eigenvalue weighted by molar-refractivity contribution is -0.122. The minimum Gasteiger partial charge on any atom is -0.467 e. The highest BCUT2D eigenvalue weighted by molar-refractivity contribution is 5.84. The molecule has 1 unspecified atom stereocenters. The van der Waals surface area contributed by atoms with Crippen molar-refractivity contribution in [3.05, 3.63) is 48.4 Å². The Morgan fingerprint density at radius 2 is 2.05 bits per heavy atom. The van der Waals surface area contributed by atoms with Crippen molar-refractivity contribution >= 4 is 17.3 Å². The Bertz CT molecular complexity index is 564. The zero-order valence-electron chi connectivity index (χ0n) is 12.4. The highest BCUT2D eigenvalue weighted by atomic mass is 16.3. The summed E-state index contributed by atoms with van der Waals surface area (Å²) in [7, 11) is 0. The number of carbonyl (C=O) groups excluding carboxylic acids is 1. The van der Waals surface area contributed by atoms with Gasteiger partial charge in [-0.15, -0.1) is 0 Å². The molecule has 0 aliphatic carbocycles. The van der Waals surface area contributed by atoms with Crippen LogP contribution in [0.3, 0.4) is 0 Å². The number of hydrogen-bond donors (Lipinski definition) is 2. The highest BCUT2D eigenvalue weighted by Gasteiger charge is 2.20. The van der Waals surface area contributed by atoms with Crippen LogP contribution in [0, 0.1) is 0 Å². The van der Waals surface area contributed by atoms with Crippen molar-refractivity contribution in [1.29, 1.82) is 0 Å². The molecule has 1 heterocycles. The molecule has 1 amide bonds. The van der Waals surface area contributed by atoms with Crippen LogP contribution in [0.5, 0.6) is 0 Å². The third-order valence-corrected chi connectivity index (χ3v) is 3.43. The van der Waals surface area contributed by atoms with E-state index in [2.05, 4.69) is 5.32 Å². The second-order valence-corrected chi connectivity index (χ2v) is 4.85. The fourth-order valence-corrected chi connectivity index (χ4v) is 2.22. The van der Waals surface area contributed by atoms with Gasteiger partial charge in [-0.2, -0.15) is 0 Å². The van der Waals surface area contributed by atoms with E-state index in [-0.39, 0.29) is 11.9 Å². The molecule has 0 bridgehead atoms. The summed E-state index contributed by atoms with van der Waals surface area (Å²) in [6, 6.07) is 10.9. The van der Waals surface area contributed by atoms with Crippen LogP contribution in [0.2, 0.25) is 0 Å². The summed E-state index contributed by atoms with van der Waals surface area (Å²) in [6.07, 6.45) is 1.59. The maximum Gasteiger partial charge on any atom is 0.242 e. The molecule has 3 N–H and O–H groups in total. The normalized spacial score (nSPS) is 11.9. The van der Waals surface area contributed by atoms with Gasteiger partial charge in [0.25, 0.3) is 0 Å². The minimum absolute atomic E-state index is 0.0370. The van der Waals surface area contributed by atoms with Gasteiger partial charge in [-0.1, -0.05) is 0 Å². The van der Waals surface area contributed by atoms with Crippen LogP contribution in [-0.4, -0.2) is 18.5 Å². The molecule has 2 aromatic rings. The molecule has 0 aliphatic rings. The predicted molar refractivity (Wildman–Crippen MR) is 83.9 cm³/mol. The largest absolute Gasteiger partial charge is 0.467 e. The van der Waals surface area contributed by atoms with Crippen LogP contribution in [0.25, 0.3) is 0 Å². The number of likely N-dealkylation sites (N-methyl/N-ethyl adjacent to an activating group) is 1. The van der Waals surface area contributed by atoms with Crippen LogP contribution in [0.15, 0.2) is 47.1 Å². The van der Waals surface area contributed by atoms with Gasteiger partial charge in [0, 0.05) is 17.9 Å². The van der Waals surface area contributed by atoms with E-state index in [1.165, 1.54) is 0 Å². The first-order valence-electron chi connectivity index (χ1n) is 7.04. The fraction of sp³-hybridized carbons (Fsp3) is 0.312. The molecule has 0 saturated carbocycles. The van der Waals surface area contributed by atoms with Crippen LogP contribution < -0.4 is 16.0 Å². The maximum atomic E-state index is 12.3. The second-order valence-electron chi connectivity index (χ2n) is 4.85. The summed E-state index contributed by atoms with van der Waals surface area (Å²) in [5.41, 5.74) is 7.39. The van der Waals surface area contributed by atoms with Gasteiger partial charge in [0.2, 0.25) is 5.91 Å². The van der Waals surface area contributed by atoms with Gasteiger partial charge in [-0.05, 0) is 50.2 Å². The zero-order valence-corrected chi connectivity index (χ0v) is 12.4. The Morgan fingerprint density at radius 1 is 1.33 bits per heavy atom. The first kappa shape index (κ1) is 15.0. The lowest BCUT2D eigenvalue weighted by Crippen LogP contribution is -2.45. The van der Waals surface area contributed by atoms with E-state index in [4.69, 9.17) is 10.2 Å². The van der Waals surface area contributed by atoms with Crippen molar-refractivity contribution in [3.8, 4) is 0 Å². The van der Waals surface area contributed by atoms with Crippen LogP contribution >= 0.6 is 0 Å². The van der Waals surface area contributed by atoms with E-state index in [0.29, 0.717) is 12.2 Å². The van der Waals surface area contributed by atoms with Gasteiger partial charge < -0.3 is 20.4 Å². The van der Waals surface area contributed by atoms with Gasteiger partial charge in [-0.3, -0.25) is 4.79 Å². The molecular formula is C16H21N3O2.